The zero-order valence-corrected chi connectivity index (χ0v) is 12.2. The summed E-state index contributed by atoms with van der Waals surface area (Å²) in [6.45, 7) is 6.55. The molecular formula is C14H25N5. The van der Waals surface area contributed by atoms with Crippen molar-refractivity contribution in [2.45, 2.75) is 64.3 Å². The molecule has 4 N–H and O–H groups in total. The highest BCUT2D eigenvalue weighted by Gasteiger charge is 2.28. The molecule has 19 heavy (non-hydrogen) atoms. The van der Waals surface area contributed by atoms with Gasteiger partial charge in [-0.05, 0) is 25.7 Å². The van der Waals surface area contributed by atoms with Crippen LogP contribution in [0.5, 0.6) is 0 Å². The first-order valence-electron chi connectivity index (χ1n) is 7.15. The van der Waals surface area contributed by atoms with Gasteiger partial charge < -0.3 is 10.7 Å². The fourth-order valence-electron chi connectivity index (χ4n) is 2.90. The molecule has 1 aliphatic rings. The topological polar surface area (TPSA) is 75.9 Å². The second-order valence-electron chi connectivity index (χ2n) is 6.03. The van der Waals surface area contributed by atoms with Gasteiger partial charge in [0.2, 0.25) is 0 Å². The Morgan fingerprint density at radius 1 is 1.16 bits per heavy atom. The molecule has 106 valence electrons. The van der Waals surface area contributed by atoms with Crippen LogP contribution in [0.15, 0.2) is 6.33 Å². The third-order valence-electron chi connectivity index (χ3n) is 3.98. The number of hydrazine groups is 1. The van der Waals surface area contributed by atoms with Gasteiger partial charge in [0.15, 0.2) is 0 Å². The molecule has 0 aliphatic heterocycles. The molecule has 0 bridgehead atoms. The highest BCUT2D eigenvalue weighted by Crippen LogP contribution is 2.34. The van der Waals surface area contributed by atoms with Crippen molar-refractivity contribution >= 4 is 11.6 Å². The summed E-state index contributed by atoms with van der Waals surface area (Å²) >= 11 is 0. The van der Waals surface area contributed by atoms with Crippen LogP contribution in [0.3, 0.4) is 0 Å². The lowest BCUT2D eigenvalue weighted by Gasteiger charge is -2.36. The molecule has 0 aromatic carbocycles. The van der Waals surface area contributed by atoms with Gasteiger partial charge in [0.25, 0.3) is 0 Å². The van der Waals surface area contributed by atoms with Crippen molar-refractivity contribution in [2.75, 3.05) is 10.7 Å². The lowest BCUT2D eigenvalue weighted by Crippen LogP contribution is -2.37. The second kappa shape index (κ2) is 5.74. The van der Waals surface area contributed by atoms with Crippen molar-refractivity contribution in [3.05, 3.63) is 11.9 Å². The number of nitrogens with two attached hydrogens (primary N) is 1. The van der Waals surface area contributed by atoms with Crippen molar-refractivity contribution in [2.24, 2.45) is 5.84 Å². The molecule has 0 unspecified atom stereocenters. The van der Waals surface area contributed by atoms with E-state index in [0.29, 0.717) is 11.7 Å². The number of aromatic nitrogens is 2. The SMILES string of the molecule is CC(C)c1c(NN)ncnc1NC1(C)CCCCC1. The van der Waals surface area contributed by atoms with Gasteiger partial charge in [-0.25, -0.2) is 15.8 Å². The number of nitrogens with zero attached hydrogens (tertiary/aromatic N) is 2. The molecule has 1 aliphatic carbocycles. The lowest BCUT2D eigenvalue weighted by molar-refractivity contribution is 0.348. The Morgan fingerprint density at radius 3 is 2.37 bits per heavy atom. The Balaban J connectivity index is 2.28. The molecule has 1 aromatic rings. The van der Waals surface area contributed by atoms with Crippen LogP contribution in [0, 0.1) is 0 Å². The van der Waals surface area contributed by atoms with E-state index in [4.69, 9.17) is 5.84 Å². The van der Waals surface area contributed by atoms with E-state index in [1.807, 2.05) is 0 Å². The van der Waals surface area contributed by atoms with Crippen LogP contribution in [-0.4, -0.2) is 15.5 Å². The van der Waals surface area contributed by atoms with E-state index in [9.17, 15) is 0 Å². The van der Waals surface area contributed by atoms with E-state index in [-0.39, 0.29) is 5.54 Å². The van der Waals surface area contributed by atoms with Crippen LogP contribution in [0.25, 0.3) is 0 Å². The van der Waals surface area contributed by atoms with E-state index in [1.165, 1.54) is 32.1 Å². The van der Waals surface area contributed by atoms with E-state index in [1.54, 1.807) is 6.33 Å². The maximum Gasteiger partial charge on any atom is 0.148 e. The number of anilines is 2. The molecule has 2 rings (SSSR count). The Hall–Kier alpha value is -1.36. The third kappa shape index (κ3) is 3.15. The fourth-order valence-corrected chi connectivity index (χ4v) is 2.90. The number of nitrogens with one attached hydrogen (secondary N) is 2. The van der Waals surface area contributed by atoms with E-state index >= 15 is 0 Å². The summed E-state index contributed by atoms with van der Waals surface area (Å²) in [6.07, 6.45) is 7.87. The molecule has 0 radical (unpaired) electrons. The smallest absolute Gasteiger partial charge is 0.148 e. The van der Waals surface area contributed by atoms with Gasteiger partial charge in [0.05, 0.1) is 0 Å². The van der Waals surface area contributed by atoms with Gasteiger partial charge in [-0.3, -0.25) is 0 Å². The zero-order chi connectivity index (χ0) is 13.9. The first-order valence-corrected chi connectivity index (χ1v) is 7.15. The normalized spacial score (nSPS) is 18.4. The summed E-state index contributed by atoms with van der Waals surface area (Å²) in [4.78, 5) is 8.64. The average molecular weight is 263 g/mol. The predicted octanol–water partition coefficient (Wildman–Crippen LogP) is 3.02. The van der Waals surface area contributed by atoms with Crippen LogP contribution < -0.4 is 16.6 Å². The average Bonchev–Trinajstić information content (AvgIpc) is 2.38. The molecule has 0 atom stereocenters. The quantitative estimate of drug-likeness (QED) is 0.575. The van der Waals surface area contributed by atoms with Crippen LogP contribution in [0.1, 0.15) is 64.4 Å². The van der Waals surface area contributed by atoms with E-state index < -0.39 is 0 Å². The first-order chi connectivity index (χ1) is 9.06. The first kappa shape index (κ1) is 14.1. The van der Waals surface area contributed by atoms with Crippen molar-refractivity contribution in [3.63, 3.8) is 0 Å². The van der Waals surface area contributed by atoms with Gasteiger partial charge in [-0.2, -0.15) is 0 Å². The fraction of sp³-hybridized carbons (Fsp3) is 0.714. The van der Waals surface area contributed by atoms with Crippen LogP contribution in [-0.2, 0) is 0 Å². The third-order valence-corrected chi connectivity index (χ3v) is 3.98. The Kier molecular flexibility index (Phi) is 4.24. The Labute approximate surface area is 115 Å². The number of hydrogen-bond acceptors (Lipinski definition) is 5. The van der Waals surface area contributed by atoms with Crippen LogP contribution in [0.2, 0.25) is 0 Å². The predicted molar refractivity (Wildman–Crippen MR) is 79.0 cm³/mol. The molecular weight excluding hydrogens is 238 g/mol. The number of rotatable bonds is 4. The maximum absolute atomic E-state index is 5.56. The standard InChI is InChI=1S/C14H25N5/c1-10(2)11-12(16-9-17-13(11)19-15)18-14(3)7-5-4-6-8-14/h9-10H,4-8,15H2,1-3H3,(H2,16,17,18,19). The highest BCUT2D eigenvalue weighted by molar-refractivity contribution is 5.59. The maximum atomic E-state index is 5.56. The summed E-state index contributed by atoms with van der Waals surface area (Å²) in [6, 6.07) is 0. The zero-order valence-electron chi connectivity index (χ0n) is 12.2. The molecule has 1 fully saturated rings. The molecule has 0 saturated heterocycles. The van der Waals surface area contributed by atoms with Crippen molar-refractivity contribution < 1.29 is 0 Å². The monoisotopic (exact) mass is 263 g/mol. The Morgan fingerprint density at radius 2 is 1.79 bits per heavy atom. The lowest BCUT2D eigenvalue weighted by atomic mass is 9.83. The van der Waals surface area contributed by atoms with Crippen molar-refractivity contribution in [1.29, 1.82) is 0 Å². The van der Waals surface area contributed by atoms with Gasteiger partial charge in [0.1, 0.15) is 18.0 Å². The largest absolute Gasteiger partial charge is 0.365 e. The van der Waals surface area contributed by atoms with Crippen LogP contribution in [0.4, 0.5) is 11.6 Å². The summed E-state index contributed by atoms with van der Waals surface area (Å²) in [7, 11) is 0. The molecule has 5 heteroatoms. The molecule has 1 saturated carbocycles. The minimum Gasteiger partial charge on any atom is -0.365 e. The summed E-state index contributed by atoms with van der Waals surface area (Å²) in [5, 5.41) is 3.64. The van der Waals surface area contributed by atoms with Crippen molar-refractivity contribution in [3.8, 4) is 0 Å². The van der Waals surface area contributed by atoms with Gasteiger partial charge in [0, 0.05) is 11.1 Å². The molecule has 1 heterocycles. The van der Waals surface area contributed by atoms with Gasteiger partial charge in [-0.1, -0.05) is 33.1 Å². The van der Waals surface area contributed by atoms with Gasteiger partial charge in [-0.15, -0.1) is 0 Å². The summed E-state index contributed by atoms with van der Waals surface area (Å²) in [5.41, 5.74) is 3.88. The number of hydrogen-bond donors (Lipinski definition) is 3. The minimum atomic E-state index is 0.141. The molecule has 0 spiro atoms. The van der Waals surface area contributed by atoms with Gasteiger partial charge >= 0.3 is 0 Å². The van der Waals surface area contributed by atoms with E-state index in [2.05, 4.69) is 41.5 Å². The molecule has 5 nitrogen and oxygen atoms in total. The van der Waals surface area contributed by atoms with Crippen LogP contribution >= 0.6 is 0 Å². The molecule has 1 aromatic heterocycles. The van der Waals surface area contributed by atoms with Crippen molar-refractivity contribution in [1.82, 2.24) is 9.97 Å². The number of nitrogen functional groups attached to an aromatic ring is 1. The second-order valence-corrected chi connectivity index (χ2v) is 6.03. The highest BCUT2D eigenvalue weighted by atomic mass is 15.3. The summed E-state index contributed by atoms with van der Waals surface area (Å²) in [5.74, 6) is 7.51. The van der Waals surface area contributed by atoms with E-state index in [0.717, 1.165) is 11.4 Å². The minimum absolute atomic E-state index is 0.141. The Bertz CT molecular complexity index is 424. The molecule has 0 amide bonds. The summed E-state index contributed by atoms with van der Waals surface area (Å²) < 4.78 is 0.